The lowest BCUT2D eigenvalue weighted by Gasteiger charge is -2.09. The molecule has 3 aromatic rings. The highest BCUT2D eigenvalue weighted by atomic mass is 79.9. The Morgan fingerprint density at radius 1 is 1.21 bits per heavy atom. The minimum absolute atomic E-state index is 0.00197. The number of nitrogens with one attached hydrogen (secondary N) is 1. The van der Waals surface area contributed by atoms with Gasteiger partial charge in [-0.25, -0.2) is 4.39 Å². The molecule has 8 heteroatoms. The van der Waals surface area contributed by atoms with Crippen LogP contribution in [0.3, 0.4) is 0 Å². The summed E-state index contributed by atoms with van der Waals surface area (Å²) in [5.74, 6) is 0.279. The highest BCUT2D eigenvalue weighted by Crippen LogP contribution is 2.23. The zero-order valence-electron chi connectivity index (χ0n) is 14.9. The van der Waals surface area contributed by atoms with E-state index in [1.54, 1.807) is 30.0 Å². The van der Waals surface area contributed by atoms with Crippen LogP contribution in [-0.4, -0.2) is 20.7 Å². The number of benzene rings is 2. The van der Waals surface area contributed by atoms with E-state index in [2.05, 4.69) is 38.0 Å². The first kappa shape index (κ1) is 20.3. The molecule has 0 radical (unpaired) electrons. The quantitative estimate of drug-likeness (QED) is 0.394. The number of carbonyl (C=O) groups excluding carboxylic acids is 1. The third-order valence-corrected chi connectivity index (χ3v) is 5.48. The summed E-state index contributed by atoms with van der Waals surface area (Å²) in [5, 5.41) is 11.8. The van der Waals surface area contributed by atoms with Crippen LogP contribution in [0.2, 0.25) is 0 Å². The van der Waals surface area contributed by atoms with Crippen molar-refractivity contribution in [3.63, 3.8) is 0 Å². The van der Waals surface area contributed by atoms with E-state index < -0.39 is 11.7 Å². The van der Waals surface area contributed by atoms with Gasteiger partial charge in [-0.2, -0.15) is 0 Å². The highest BCUT2D eigenvalue weighted by molar-refractivity contribution is 9.10. The molecule has 0 aliphatic heterocycles. The third-order valence-electron chi connectivity index (χ3n) is 3.91. The van der Waals surface area contributed by atoms with Crippen molar-refractivity contribution in [3.05, 3.63) is 88.4 Å². The number of halogens is 2. The molecule has 0 spiro atoms. The maximum atomic E-state index is 13.7. The van der Waals surface area contributed by atoms with E-state index in [0.29, 0.717) is 12.4 Å². The van der Waals surface area contributed by atoms with Crippen molar-refractivity contribution < 1.29 is 9.18 Å². The first-order valence-corrected chi connectivity index (χ1v) is 10.3. The molecule has 0 bridgehead atoms. The van der Waals surface area contributed by atoms with E-state index in [1.807, 2.05) is 28.8 Å². The van der Waals surface area contributed by atoms with Gasteiger partial charge in [-0.1, -0.05) is 58.0 Å². The Morgan fingerprint density at radius 3 is 2.68 bits per heavy atom. The minimum atomic E-state index is -0.557. The van der Waals surface area contributed by atoms with Crippen LogP contribution in [0.25, 0.3) is 0 Å². The average Bonchev–Trinajstić information content (AvgIpc) is 3.08. The van der Waals surface area contributed by atoms with Gasteiger partial charge in [-0.05, 0) is 29.8 Å². The fourth-order valence-corrected chi connectivity index (χ4v) is 3.68. The van der Waals surface area contributed by atoms with Crippen molar-refractivity contribution in [2.24, 2.45) is 0 Å². The molecule has 1 aromatic heterocycles. The molecule has 5 nitrogen and oxygen atoms in total. The molecule has 3 rings (SSSR count). The van der Waals surface area contributed by atoms with Crippen LogP contribution in [0.15, 0.2) is 70.8 Å². The largest absolute Gasteiger partial charge is 0.345 e. The van der Waals surface area contributed by atoms with Crippen LogP contribution in [0.5, 0.6) is 0 Å². The van der Waals surface area contributed by atoms with Gasteiger partial charge in [-0.15, -0.1) is 16.8 Å². The highest BCUT2D eigenvalue weighted by Gasteiger charge is 2.15. The minimum Gasteiger partial charge on any atom is -0.345 e. The fourth-order valence-electron chi connectivity index (χ4n) is 2.50. The summed E-state index contributed by atoms with van der Waals surface area (Å²) in [6.45, 7) is 4.43. The molecule has 1 amide bonds. The van der Waals surface area contributed by atoms with Gasteiger partial charge in [0.15, 0.2) is 11.0 Å². The summed E-state index contributed by atoms with van der Waals surface area (Å²) in [4.78, 5) is 12.2. The Labute approximate surface area is 175 Å². The molecule has 0 aliphatic carbocycles. The number of aromatic nitrogens is 3. The van der Waals surface area contributed by atoms with Gasteiger partial charge in [0, 0.05) is 16.8 Å². The second kappa shape index (κ2) is 9.66. The van der Waals surface area contributed by atoms with E-state index >= 15 is 0 Å². The van der Waals surface area contributed by atoms with Gasteiger partial charge in [0.2, 0.25) is 0 Å². The van der Waals surface area contributed by atoms with Crippen molar-refractivity contribution in [2.45, 2.75) is 24.0 Å². The SMILES string of the molecule is C=CCn1c(CNC(=O)c2ccccc2F)nnc1SCc1ccc(Br)cc1. The summed E-state index contributed by atoms with van der Waals surface area (Å²) in [5.41, 5.74) is 1.16. The molecule has 2 aromatic carbocycles. The van der Waals surface area contributed by atoms with Crippen molar-refractivity contribution in [2.75, 3.05) is 0 Å². The predicted molar refractivity (Wildman–Crippen MR) is 111 cm³/mol. The number of carbonyl (C=O) groups is 1. The molecular weight excluding hydrogens is 443 g/mol. The fraction of sp³-hybridized carbons (Fsp3) is 0.150. The summed E-state index contributed by atoms with van der Waals surface area (Å²) < 4.78 is 16.7. The van der Waals surface area contributed by atoms with Crippen LogP contribution >= 0.6 is 27.7 Å². The number of rotatable bonds is 8. The number of amides is 1. The second-order valence-electron chi connectivity index (χ2n) is 5.88. The Kier molecular flexibility index (Phi) is 7.00. The molecule has 0 unspecified atom stereocenters. The predicted octanol–water partition coefficient (Wildman–Crippen LogP) is 4.59. The Hall–Kier alpha value is -2.45. The standard InChI is InChI=1S/C20H18BrFN4OS/c1-2-11-26-18(12-23-19(27)16-5-3-4-6-17(16)22)24-25-20(26)28-13-14-7-9-15(21)10-8-14/h2-10H,1,11-13H2,(H,23,27). The topological polar surface area (TPSA) is 59.8 Å². The van der Waals surface area contributed by atoms with E-state index in [4.69, 9.17) is 0 Å². The number of hydrogen-bond donors (Lipinski definition) is 1. The van der Waals surface area contributed by atoms with Crippen molar-refractivity contribution in [1.29, 1.82) is 0 Å². The lowest BCUT2D eigenvalue weighted by molar-refractivity contribution is 0.0945. The maximum absolute atomic E-state index is 13.7. The molecule has 0 aliphatic rings. The molecule has 0 saturated carbocycles. The molecule has 144 valence electrons. The number of hydrogen-bond acceptors (Lipinski definition) is 4. The van der Waals surface area contributed by atoms with E-state index in [1.165, 1.54) is 12.1 Å². The van der Waals surface area contributed by atoms with Crippen LogP contribution < -0.4 is 5.32 Å². The monoisotopic (exact) mass is 460 g/mol. The first-order chi connectivity index (χ1) is 13.6. The zero-order chi connectivity index (χ0) is 19.9. The Bertz CT molecular complexity index is 975. The summed E-state index contributed by atoms with van der Waals surface area (Å²) in [7, 11) is 0. The molecule has 1 heterocycles. The van der Waals surface area contributed by atoms with E-state index in [9.17, 15) is 9.18 Å². The summed E-state index contributed by atoms with van der Waals surface area (Å²) in [6, 6.07) is 13.9. The number of nitrogens with zero attached hydrogens (tertiary/aromatic N) is 3. The smallest absolute Gasteiger partial charge is 0.254 e. The van der Waals surface area contributed by atoms with Gasteiger partial charge in [0.1, 0.15) is 5.82 Å². The second-order valence-corrected chi connectivity index (χ2v) is 7.73. The van der Waals surface area contributed by atoms with Crippen molar-refractivity contribution in [3.8, 4) is 0 Å². The third kappa shape index (κ3) is 5.08. The van der Waals surface area contributed by atoms with Crippen LogP contribution in [0.1, 0.15) is 21.7 Å². The molecule has 0 fully saturated rings. The van der Waals surface area contributed by atoms with E-state index in [-0.39, 0.29) is 12.1 Å². The lowest BCUT2D eigenvalue weighted by Crippen LogP contribution is -2.25. The summed E-state index contributed by atoms with van der Waals surface area (Å²) in [6.07, 6.45) is 1.75. The maximum Gasteiger partial charge on any atom is 0.254 e. The van der Waals surface area contributed by atoms with Crippen molar-refractivity contribution in [1.82, 2.24) is 20.1 Å². The lowest BCUT2D eigenvalue weighted by atomic mass is 10.2. The number of allylic oxidation sites excluding steroid dienone is 1. The van der Waals surface area contributed by atoms with Gasteiger partial charge < -0.3 is 9.88 Å². The first-order valence-electron chi connectivity index (χ1n) is 8.51. The Morgan fingerprint density at radius 2 is 1.96 bits per heavy atom. The van der Waals surface area contributed by atoms with Gasteiger partial charge in [0.05, 0.1) is 12.1 Å². The normalized spacial score (nSPS) is 10.6. The molecule has 0 saturated heterocycles. The van der Waals surface area contributed by atoms with E-state index in [0.717, 1.165) is 20.9 Å². The van der Waals surface area contributed by atoms with Crippen LogP contribution in [0.4, 0.5) is 4.39 Å². The molecule has 1 N–H and O–H groups in total. The van der Waals surface area contributed by atoms with Gasteiger partial charge in [0.25, 0.3) is 5.91 Å². The molecular formula is C20H18BrFN4OS. The zero-order valence-corrected chi connectivity index (χ0v) is 17.3. The van der Waals surface area contributed by atoms with Crippen molar-refractivity contribution >= 4 is 33.6 Å². The average molecular weight is 461 g/mol. The van der Waals surface area contributed by atoms with Gasteiger partial charge in [-0.3, -0.25) is 4.79 Å². The summed E-state index contributed by atoms with van der Waals surface area (Å²) >= 11 is 4.98. The van der Waals surface area contributed by atoms with Crippen LogP contribution in [0, 0.1) is 5.82 Å². The molecule has 0 atom stereocenters. The molecule has 28 heavy (non-hydrogen) atoms. The number of thioether (sulfide) groups is 1. The Balaban J connectivity index is 1.68. The van der Waals surface area contributed by atoms with Gasteiger partial charge >= 0.3 is 0 Å². The van der Waals surface area contributed by atoms with Crippen LogP contribution in [-0.2, 0) is 18.8 Å².